The van der Waals surface area contributed by atoms with E-state index in [1.165, 1.54) is 24.6 Å². The number of nitrogens with zero attached hydrogens (tertiary/aromatic N) is 4. The zero-order valence-electron chi connectivity index (χ0n) is 16.0. The Kier molecular flexibility index (Phi) is 5.48. The van der Waals surface area contributed by atoms with Crippen molar-refractivity contribution < 1.29 is 4.79 Å². The van der Waals surface area contributed by atoms with Gasteiger partial charge in [0.15, 0.2) is 11.0 Å². The first kappa shape index (κ1) is 18.5. The molecule has 4 rings (SSSR count). The molecule has 2 aliphatic rings. The highest BCUT2D eigenvalue weighted by molar-refractivity contribution is 7.99. The zero-order valence-corrected chi connectivity index (χ0v) is 16.8. The zero-order chi connectivity index (χ0) is 18.8. The highest BCUT2D eigenvalue weighted by atomic mass is 32.2. The van der Waals surface area contributed by atoms with Crippen LogP contribution in [0.15, 0.2) is 29.7 Å². The second-order valence-corrected chi connectivity index (χ2v) is 8.82. The Hall–Kier alpha value is -1.89. The summed E-state index contributed by atoms with van der Waals surface area (Å²) in [7, 11) is 0. The van der Waals surface area contributed by atoms with Crippen LogP contribution in [0.5, 0.6) is 0 Å². The average Bonchev–Trinajstić information content (AvgIpc) is 3.43. The van der Waals surface area contributed by atoms with E-state index in [1.54, 1.807) is 6.20 Å². The van der Waals surface area contributed by atoms with Gasteiger partial charge in [-0.1, -0.05) is 38.5 Å². The van der Waals surface area contributed by atoms with Crippen LogP contribution >= 0.6 is 11.8 Å². The second-order valence-electron chi connectivity index (χ2n) is 7.88. The molecule has 0 radical (unpaired) electrons. The molecule has 0 spiro atoms. The number of nitrogens with one attached hydrogen (secondary N) is 1. The van der Waals surface area contributed by atoms with Crippen molar-refractivity contribution in [3.8, 4) is 11.4 Å². The summed E-state index contributed by atoms with van der Waals surface area (Å²) in [5.41, 5.74) is 0.971. The summed E-state index contributed by atoms with van der Waals surface area (Å²) in [5, 5.41) is 12.8. The van der Waals surface area contributed by atoms with Crippen molar-refractivity contribution in [1.29, 1.82) is 0 Å². The Morgan fingerprint density at radius 1 is 1.26 bits per heavy atom. The summed E-state index contributed by atoms with van der Waals surface area (Å²) >= 11 is 1.49. The lowest BCUT2D eigenvalue weighted by molar-refractivity contribution is -0.120. The van der Waals surface area contributed by atoms with Gasteiger partial charge >= 0.3 is 0 Å². The summed E-state index contributed by atoms with van der Waals surface area (Å²) in [4.78, 5) is 16.7. The predicted octanol–water partition coefficient (Wildman–Crippen LogP) is 3.71. The quantitative estimate of drug-likeness (QED) is 0.768. The molecule has 2 aromatic heterocycles. The van der Waals surface area contributed by atoms with Crippen LogP contribution in [0.2, 0.25) is 0 Å². The molecule has 7 heteroatoms. The van der Waals surface area contributed by atoms with Crippen molar-refractivity contribution in [3.63, 3.8) is 0 Å². The van der Waals surface area contributed by atoms with E-state index >= 15 is 0 Å². The van der Waals surface area contributed by atoms with Crippen molar-refractivity contribution in [2.24, 2.45) is 11.8 Å². The lowest BCUT2D eigenvalue weighted by Crippen LogP contribution is -2.44. The monoisotopic (exact) mass is 385 g/mol. The number of hydrogen-bond acceptors (Lipinski definition) is 5. The van der Waals surface area contributed by atoms with Crippen LogP contribution in [0.1, 0.15) is 52.0 Å². The Balaban J connectivity index is 1.41. The van der Waals surface area contributed by atoms with Crippen LogP contribution in [0.3, 0.4) is 0 Å². The molecule has 0 saturated heterocycles. The van der Waals surface area contributed by atoms with Gasteiger partial charge < -0.3 is 5.32 Å². The first-order chi connectivity index (χ1) is 13.1. The normalized spacial score (nSPS) is 25.3. The largest absolute Gasteiger partial charge is 0.352 e. The summed E-state index contributed by atoms with van der Waals surface area (Å²) in [6.45, 7) is 4.54. The third kappa shape index (κ3) is 4.18. The smallest absolute Gasteiger partial charge is 0.230 e. The van der Waals surface area contributed by atoms with Crippen molar-refractivity contribution in [1.82, 2.24) is 25.1 Å². The number of pyridine rings is 1. The van der Waals surface area contributed by atoms with Crippen molar-refractivity contribution in [2.75, 3.05) is 5.75 Å². The van der Waals surface area contributed by atoms with E-state index in [4.69, 9.17) is 0 Å². The molecule has 0 aliphatic heterocycles. The minimum absolute atomic E-state index is 0.0965. The van der Waals surface area contributed by atoms with Crippen LogP contribution in [-0.2, 0) is 4.79 Å². The van der Waals surface area contributed by atoms with Crippen molar-refractivity contribution >= 4 is 17.7 Å². The molecule has 2 aromatic rings. The number of aromatic nitrogens is 4. The minimum atomic E-state index is 0.0965. The fourth-order valence-electron chi connectivity index (χ4n) is 3.89. The number of rotatable bonds is 6. The molecule has 2 heterocycles. The molecule has 6 nitrogen and oxygen atoms in total. The Bertz CT molecular complexity index is 789. The van der Waals surface area contributed by atoms with Gasteiger partial charge in [0.2, 0.25) is 5.91 Å². The number of amides is 1. The first-order valence-corrected chi connectivity index (χ1v) is 10.9. The number of hydrogen-bond donors (Lipinski definition) is 1. The van der Waals surface area contributed by atoms with E-state index in [9.17, 15) is 4.79 Å². The molecule has 2 saturated carbocycles. The average molecular weight is 386 g/mol. The Morgan fingerprint density at radius 2 is 2.11 bits per heavy atom. The van der Waals surface area contributed by atoms with Crippen LogP contribution in [-0.4, -0.2) is 37.5 Å². The molecular weight excluding hydrogens is 358 g/mol. The molecule has 1 N–H and O–H groups in total. The summed E-state index contributed by atoms with van der Waals surface area (Å²) in [6, 6.07) is 4.66. The predicted molar refractivity (Wildman–Crippen MR) is 106 cm³/mol. The molecule has 144 valence electrons. The van der Waals surface area contributed by atoms with Crippen LogP contribution in [0.25, 0.3) is 11.4 Å². The summed E-state index contributed by atoms with van der Waals surface area (Å²) in [6.07, 6.45) is 9.42. The fraction of sp³-hybridized carbons (Fsp3) is 0.600. The SMILES string of the molecule is C[C@@H]1[C@@H](C)CCC[C@H]1NC(=O)CSc1nnc(-c2cccnc2)n1C1CC1. The first-order valence-electron chi connectivity index (χ1n) is 9.91. The van der Waals surface area contributed by atoms with E-state index in [0.717, 1.165) is 35.8 Å². The van der Waals surface area contributed by atoms with Gasteiger partial charge in [0.05, 0.1) is 5.75 Å². The highest BCUT2D eigenvalue weighted by Crippen LogP contribution is 2.41. The van der Waals surface area contributed by atoms with Crippen LogP contribution in [0.4, 0.5) is 0 Å². The van der Waals surface area contributed by atoms with Crippen molar-refractivity contribution in [2.45, 2.75) is 63.2 Å². The Morgan fingerprint density at radius 3 is 2.85 bits per heavy atom. The second kappa shape index (κ2) is 8.00. The van der Waals surface area contributed by atoms with Crippen molar-refractivity contribution in [3.05, 3.63) is 24.5 Å². The van der Waals surface area contributed by atoms with Crippen LogP contribution < -0.4 is 5.32 Å². The summed E-state index contributed by atoms with van der Waals surface area (Å²) in [5.74, 6) is 2.55. The highest BCUT2D eigenvalue weighted by Gasteiger charge is 2.31. The molecule has 27 heavy (non-hydrogen) atoms. The standard InChI is InChI=1S/C20H27N5OS/c1-13-5-3-7-17(14(13)2)22-18(26)12-27-20-24-23-19(25(20)16-8-9-16)15-6-4-10-21-11-15/h4,6,10-11,13-14,16-17H,3,5,7-9,12H2,1-2H3,(H,22,26)/t13-,14+,17+/m0/s1. The lowest BCUT2D eigenvalue weighted by atomic mass is 9.78. The molecular formula is C20H27N5OS. The minimum Gasteiger partial charge on any atom is -0.352 e. The molecule has 2 aliphatic carbocycles. The number of carbonyl (C=O) groups is 1. The fourth-order valence-corrected chi connectivity index (χ4v) is 4.71. The number of carbonyl (C=O) groups excluding carboxylic acids is 1. The van der Waals surface area contributed by atoms with Gasteiger partial charge in [-0.2, -0.15) is 0 Å². The molecule has 2 fully saturated rings. The molecule has 0 aromatic carbocycles. The van der Waals surface area contributed by atoms with Crippen LogP contribution in [0, 0.1) is 11.8 Å². The maximum atomic E-state index is 12.5. The van der Waals surface area contributed by atoms with E-state index in [2.05, 4.69) is 38.9 Å². The van der Waals surface area contributed by atoms with E-state index in [-0.39, 0.29) is 5.91 Å². The van der Waals surface area contributed by atoms with Gasteiger partial charge in [-0.05, 0) is 43.2 Å². The molecule has 3 atom stereocenters. The molecule has 1 amide bonds. The third-order valence-corrected chi connectivity index (χ3v) is 6.82. The Labute approximate surface area is 164 Å². The van der Waals surface area contributed by atoms with Gasteiger partial charge in [0, 0.05) is 30.0 Å². The maximum absolute atomic E-state index is 12.5. The van der Waals surface area contributed by atoms with E-state index in [0.29, 0.717) is 29.7 Å². The molecule has 0 unspecified atom stereocenters. The van der Waals surface area contributed by atoms with E-state index < -0.39 is 0 Å². The van der Waals surface area contributed by atoms with Gasteiger partial charge in [-0.25, -0.2) is 0 Å². The van der Waals surface area contributed by atoms with Gasteiger partial charge in [0.25, 0.3) is 0 Å². The topological polar surface area (TPSA) is 72.7 Å². The lowest BCUT2D eigenvalue weighted by Gasteiger charge is -2.34. The van der Waals surface area contributed by atoms with Gasteiger partial charge in [-0.3, -0.25) is 14.3 Å². The third-order valence-electron chi connectivity index (χ3n) is 5.88. The maximum Gasteiger partial charge on any atom is 0.230 e. The number of thioether (sulfide) groups is 1. The van der Waals surface area contributed by atoms with E-state index in [1.807, 2.05) is 18.3 Å². The van der Waals surface area contributed by atoms with Gasteiger partial charge in [0.1, 0.15) is 0 Å². The molecule has 0 bridgehead atoms. The summed E-state index contributed by atoms with van der Waals surface area (Å²) < 4.78 is 2.18. The van der Waals surface area contributed by atoms with Gasteiger partial charge in [-0.15, -0.1) is 10.2 Å².